The van der Waals surface area contributed by atoms with Crippen molar-refractivity contribution >= 4 is 34.6 Å². The smallest absolute Gasteiger partial charge is 0.242 e. The van der Waals surface area contributed by atoms with Crippen molar-refractivity contribution in [2.45, 2.75) is 45.3 Å². The second-order valence-electron chi connectivity index (χ2n) is 8.13. The quantitative estimate of drug-likeness (QED) is 0.643. The number of nitrogens with one attached hydrogen (secondary N) is 1. The van der Waals surface area contributed by atoms with E-state index in [2.05, 4.69) is 41.0 Å². The lowest BCUT2D eigenvalue weighted by Gasteiger charge is -2.29. The number of thioether (sulfide) groups is 1. The molecule has 3 heterocycles. The normalized spacial score (nSPS) is 17.9. The van der Waals surface area contributed by atoms with Crippen LogP contribution in [0.1, 0.15) is 39.3 Å². The van der Waals surface area contributed by atoms with E-state index < -0.39 is 5.25 Å². The number of nitrogens with zero attached hydrogens (tertiary/aromatic N) is 5. The number of hydrogen-bond acceptors (Lipinski definition) is 7. The van der Waals surface area contributed by atoms with E-state index in [9.17, 15) is 9.59 Å². The van der Waals surface area contributed by atoms with Gasteiger partial charge in [0.05, 0.1) is 6.20 Å². The molecule has 2 amide bonds. The Balaban J connectivity index is 1.69. The number of pyridine rings is 1. The number of anilines is 1. The van der Waals surface area contributed by atoms with Crippen LogP contribution in [0, 0.1) is 5.41 Å². The summed E-state index contributed by atoms with van der Waals surface area (Å²) in [6.45, 7) is 7.47. The Labute approximate surface area is 187 Å². The molecule has 1 aliphatic rings. The third-order valence-electron chi connectivity index (χ3n) is 5.11. The fraction of sp³-hybridized carbons (Fsp3) is 0.455. The van der Waals surface area contributed by atoms with Gasteiger partial charge in [0, 0.05) is 50.2 Å². The largest absolute Gasteiger partial charge is 0.309 e. The van der Waals surface area contributed by atoms with Gasteiger partial charge in [0.25, 0.3) is 0 Å². The van der Waals surface area contributed by atoms with Crippen LogP contribution in [0.5, 0.6) is 0 Å². The average Bonchev–Trinajstić information content (AvgIpc) is 3.03. The predicted octanol–water partition coefficient (Wildman–Crippen LogP) is 3.18. The van der Waals surface area contributed by atoms with Gasteiger partial charge in [0.2, 0.25) is 11.8 Å². The highest BCUT2D eigenvalue weighted by Crippen LogP contribution is 2.33. The Morgan fingerprint density at radius 3 is 2.77 bits per heavy atom. The van der Waals surface area contributed by atoms with Gasteiger partial charge in [-0.25, -0.2) is 4.98 Å². The van der Waals surface area contributed by atoms with Gasteiger partial charge in [0.1, 0.15) is 5.25 Å². The van der Waals surface area contributed by atoms with Gasteiger partial charge in [-0.2, -0.15) is 0 Å². The third kappa shape index (κ3) is 6.58. The maximum atomic E-state index is 13.1. The second kappa shape index (κ2) is 10.5. The van der Waals surface area contributed by atoms with Gasteiger partial charge < -0.3 is 5.32 Å². The topological polar surface area (TPSA) is 100 Å². The van der Waals surface area contributed by atoms with Crippen LogP contribution in [-0.4, -0.2) is 55.2 Å². The van der Waals surface area contributed by atoms with E-state index in [1.165, 1.54) is 30.4 Å². The summed E-state index contributed by atoms with van der Waals surface area (Å²) in [4.78, 5) is 44.3. The fourth-order valence-corrected chi connectivity index (χ4v) is 4.15. The lowest BCUT2D eigenvalue weighted by Crippen LogP contribution is -2.40. The van der Waals surface area contributed by atoms with Crippen molar-refractivity contribution in [2.24, 2.45) is 10.4 Å². The lowest BCUT2D eigenvalue weighted by atomic mass is 9.89. The first-order chi connectivity index (χ1) is 14.9. The molecule has 0 radical (unpaired) electrons. The molecule has 31 heavy (non-hydrogen) atoms. The zero-order valence-electron chi connectivity index (χ0n) is 18.1. The molecule has 1 atom stereocenters. The first kappa shape index (κ1) is 22.9. The van der Waals surface area contributed by atoms with Crippen LogP contribution in [0.25, 0.3) is 0 Å². The maximum absolute atomic E-state index is 13.1. The Hall–Kier alpha value is -2.81. The van der Waals surface area contributed by atoms with Crippen molar-refractivity contribution in [1.29, 1.82) is 0 Å². The number of carbonyl (C=O) groups excluding carboxylic acids is 2. The van der Waals surface area contributed by atoms with E-state index in [0.29, 0.717) is 30.5 Å². The highest BCUT2D eigenvalue weighted by molar-refractivity contribution is 8.15. The molecule has 1 saturated heterocycles. The molecular formula is C22H28N6O2S. The highest BCUT2D eigenvalue weighted by atomic mass is 32.2. The van der Waals surface area contributed by atoms with Crippen molar-refractivity contribution in [3.63, 3.8) is 0 Å². The molecule has 2 aromatic rings. The number of carbonyl (C=O) groups is 2. The minimum absolute atomic E-state index is 0.0469. The molecule has 0 saturated carbocycles. The van der Waals surface area contributed by atoms with Crippen molar-refractivity contribution in [1.82, 2.24) is 19.9 Å². The van der Waals surface area contributed by atoms with Crippen LogP contribution in [0.15, 0.2) is 48.0 Å². The number of amides is 2. The minimum atomic E-state index is -0.502. The molecule has 0 bridgehead atoms. The zero-order chi connectivity index (χ0) is 22.3. The Morgan fingerprint density at radius 1 is 1.26 bits per heavy atom. The molecule has 0 spiro atoms. The Kier molecular flexibility index (Phi) is 7.73. The third-order valence-corrected chi connectivity index (χ3v) is 6.32. The standard InChI is InChI=1S/C22H28N6O2S/c1-4-22(2,3)15-28-20(30)17(13-19(29)27-18-14-23-11-12-25-18)31-21(28)26-10-8-16-7-5-6-9-24-16/h5-7,9,11-12,14,17H,4,8,10,13,15H2,1-3H3,(H,25,27,29). The first-order valence-corrected chi connectivity index (χ1v) is 11.2. The van der Waals surface area contributed by atoms with Crippen molar-refractivity contribution in [3.8, 4) is 0 Å². The van der Waals surface area contributed by atoms with Gasteiger partial charge in [-0.05, 0) is 24.0 Å². The van der Waals surface area contributed by atoms with Crippen LogP contribution >= 0.6 is 11.8 Å². The number of rotatable bonds is 9. The predicted molar refractivity (Wildman–Crippen MR) is 123 cm³/mol. The molecular weight excluding hydrogens is 412 g/mol. The number of aromatic nitrogens is 3. The van der Waals surface area contributed by atoms with Gasteiger partial charge in [-0.1, -0.05) is 38.6 Å². The molecule has 3 rings (SSSR count). The van der Waals surface area contributed by atoms with E-state index >= 15 is 0 Å². The highest BCUT2D eigenvalue weighted by Gasteiger charge is 2.41. The monoisotopic (exact) mass is 440 g/mol. The SMILES string of the molecule is CCC(C)(C)CN1C(=O)C(CC(=O)Nc2cnccn2)SC1=NCCc1ccccn1. The molecule has 2 aromatic heterocycles. The molecule has 8 nitrogen and oxygen atoms in total. The van der Waals surface area contributed by atoms with E-state index in [-0.39, 0.29) is 23.7 Å². The molecule has 9 heteroatoms. The van der Waals surface area contributed by atoms with Crippen LogP contribution < -0.4 is 5.32 Å². The average molecular weight is 441 g/mol. The molecule has 1 aliphatic heterocycles. The van der Waals surface area contributed by atoms with Crippen LogP contribution in [-0.2, 0) is 16.0 Å². The summed E-state index contributed by atoms with van der Waals surface area (Å²) in [7, 11) is 0. The fourth-order valence-electron chi connectivity index (χ4n) is 2.98. The number of aliphatic imine (C=N–C) groups is 1. The summed E-state index contributed by atoms with van der Waals surface area (Å²) in [5.74, 6) is 0.0318. The van der Waals surface area contributed by atoms with E-state index in [1.807, 2.05) is 18.2 Å². The van der Waals surface area contributed by atoms with Gasteiger partial charge in [-0.3, -0.25) is 29.4 Å². The Morgan fingerprint density at radius 2 is 2.10 bits per heavy atom. The number of amidine groups is 1. The van der Waals surface area contributed by atoms with E-state index in [4.69, 9.17) is 4.99 Å². The van der Waals surface area contributed by atoms with Gasteiger partial charge in [0.15, 0.2) is 11.0 Å². The van der Waals surface area contributed by atoms with Gasteiger partial charge >= 0.3 is 0 Å². The molecule has 1 N–H and O–H groups in total. The maximum Gasteiger partial charge on any atom is 0.242 e. The Bertz CT molecular complexity index is 920. The number of hydrogen-bond donors (Lipinski definition) is 1. The first-order valence-electron chi connectivity index (χ1n) is 10.4. The second-order valence-corrected chi connectivity index (χ2v) is 9.30. The molecule has 1 unspecified atom stereocenters. The summed E-state index contributed by atoms with van der Waals surface area (Å²) >= 11 is 1.36. The van der Waals surface area contributed by atoms with Crippen LogP contribution in [0.4, 0.5) is 5.82 Å². The van der Waals surface area contributed by atoms with Gasteiger partial charge in [-0.15, -0.1) is 0 Å². The summed E-state index contributed by atoms with van der Waals surface area (Å²) in [5, 5.41) is 2.88. The summed E-state index contributed by atoms with van der Waals surface area (Å²) in [6.07, 6.45) is 7.96. The molecule has 0 aromatic carbocycles. The van der Waals surface area contributed by atoms with E-state index in [0.717, 1.165) is 12.1 Å². The molecule has 0 aliphatic carbocycles. The molecule has 164 valence electrons. The lowest BCUT2D eigenvalue weighted by molar-refractivity contribution is -0.129. The summed E-state index contributed by atoms with van der Waals surface area (Å²) < 4.78 is 0. The minimum Gasteiger partial charge on any atom is -0.309 e. The summed E-state index contributed by atoms with van der Waals surface area (Å²) in [6, 6.07) is 5.79. The van der Waals surface area contributed by atoms with Crippen molar-refractivity contribution in [3.05, 3.63) is 48.7 Å². The van der Waals surface area contributed by atoms with E-state index in [1.54, 1.807) is 11.1 Å². The van der Waals surface area contributed by atoms with Crippen LogP contribution in [0.3, 0.4) is 0 Å². The molecule has 1 fully saturated rings. The van der Waals surface area contributed by atoms with Crippen molar-refractivity contribution in [2.75, 3.05) is 18.4 Å². The van der Waals surface area contributed by atoms with Crippen molar-refractivity contribution < 1.29 is 9.59 Å². The van der Waals surface area contributed by atoms with Crippen LogP contribution in [0.2, 0.25) is 0 Å². The zero-order valence-corrected chi connectivity index (χ0v) is 18.9. The summed E-state index contributed by atoms with van der Waals surface area (Å²) in [5.41, 5.74) is 0.913.